The van der Waals surface area contributed by atoms with Crippen molar-refractivity contribution in [3.63, 3.8) is 0 Å². The molecule has 0 unspecified atom stereocenters. The molecule has 1 heterocycles. The van der Waals surface area contributed by atoms with Gasteiger partial charge in [-0.2, -0.15) is 0 Å². The number of rotatable bonds is 8. The zero-order valence-electron chi connectivity index (χ0n) is 11.4. The predicted octanol–water partition coefficient (Wildman–Crippen LogP) is 3.24. The highest BCUT2D eigenvalue weighted by Crippen LogP contribution is 2.02. The fourth-order valence-corrected chi connectivity index (χ4v) is 2.15. The minimum atomic E-state index is 1.09. The quantitative estimate of drug-likeness (QED) is 0.732. The normalized spacial score (nSPS) is 10.5. The van der Waals surface area contributed by atoms with Gasteiger partial charge in [0.05, 0.1) is 0 Å². The average Bonchev–Trinajstić information content (AvgIpc) is 2.48. The van der Waals surface area contributed by atoms with Gasteiger partial charge in [-0.05, 0) is 56.0 Å². The molecule has 0 aliphatic heterocycles. The molecule has 0 saturated heterocycles. The first-order valence-corrected chi connectivity index (χ1v) is 7.09. The van der Waals surface area contributed by atoms with Crippen molar-refractivity contribution >= 4 is 0 Å². The summed E-state index contributed by atoms with van der Waals surface area (Å²) in [6.07, 6.45) is 8.44. The SMILES string of the molecule is c1ccc(CCCNCCCc2cccnc2)cc1. The molecular formula is C17H22N2. The van der Waals surface area contributed by atoms with Crippen LogP contribution in [-0.4, -0.2) is 18.1 Å². The molecule has 0 saturated carbocycles. The molecule has 100 valence electrons. The first-order chi connectivity index (χ1) is 9.45. The van der Waals surface area contributed by atoms with Crippen molar-refractivity contribution in [2.75, 3.05) is 13.1 Å². The fraction of sp³-hybridized carbons (Fsp3) is 0.353. The van der Waals surface area contributed by atoms with E-state index in [2.05, 4.69) is 46.7 Å². The maximum Gasteiger partial charge on any atom is 0.0299 e. The van der Waals surface area contributed by atoms with E-state index in [9.17, 15) is 0 Å². The Morgan fingerprint density at radius 1 is 0.789 bits per heavy atom. The number of aromatic nitrogens is 1. The van der Waals surface area contributed by atoms with Gasteiger partial charge >= 0.3 is 0 Å². The molecule has 0 atom stereocenters. The van der Waals surface area contributed by atoms with Gasteiger partial charge in [-0.3, -0.25) is 4.98 Å². The molecule has 1 N–H and O–H groups in total. The summed E-state index contributed by atoms with van der Waals surface area (Å²) in [6, 6.07) is 14.8. The van der Waals surface area contributed by atoms with Crippen LogP contribution >= 0.6 is 0 Å². The Balaban J connectivity index is 1.49. The van der Waals surface area contributed by atoms with E-state index < -0.39 is 0 Å². The van der Waals surface area contributed by atoms with Gasteiger partial charge in [0.1, 0.15) is 0 Å². The Hall–Kier alpha value is -1.67. The number of hydrogen-bond acceptors (Lipinski definition) is 2. The van der Waals surface area contributed by atoms with Crippen molar-refractivity contribution in [3.8, 4) is 0 Å². The number of nitrogens with zero attached hydrogens (tertiary/aromatic N) is 1. The summed E-state index contributed by atoms with van der Waals surface area (Å²) in [4.78, 5) is 4.13. The summed E-state index contributed by atoms with van der Waals surface area (Å²) in [7, 11) is 0. The summed E-state index contributed by atoms with van der Waals surface area (Å²) in [6.45, 7) is 2.19. The van der Waals surface area contributed by atoms with Crippen LogP contribution in [0, 0.1) is 0 Å². The molecule has 1 aromatic carbocycles. The lowest BCUT2D eigenvalue weighted by Gasteiger charge is -2.05. The molecule has 0 fully saturated rings. The summed E-state index contributed by atoms with van der Waals surface area (Å²) in [5.41, 5.74) is 2.76. The molecule has 2 nitrogen and oxygen atoms in total. The molecule has 2 heteroatoms. The summed E-state index contributed by atoms with van der Waals surface area (Å²) < 4.78 is 0. The van der Waals surface area contributed by atoms with Crippen LogP contribution in [0.3, 0.4) is 0 Å². The lowest BCUT2D eigenvalue weighted by Crippen LogP contribution is -2.17. The molecule has 0 amide bonds. The van der Waals surface area contributed by atoms with E-state index in [0.29, 0.717) is 0 Å². The van der Waals surface area contributed by atoms with E-state index in [1.165, 1.54) is 24.0 Å². The second kappa shape index (κ2) is 8.44. The van der Waals surface area contributed by atoms with Gasteiger partial charge in [0.15, 0.2) is 0 Å². The molecular weight excluding hydrogens is 232 g/mol. The molecule has 0 radical (unpaired) electrons. The molecule has 0 aliphatic carbocycles. The Kier molecular flexibility index (Phi) is 6.11. The van der Waals surface area contributed by atoms with Crippen LogP contribution in [0.25, 0.3) is 0 Å². The van der Waals surface area contributed by atoms with Crippen LogP contribution < -0.4 is 5.32 Å². The van der Waals surface area contributed by atoms with Gasteiger partial charge in [-0.25, -0.2) is 0 Å². The van der Waals surface area contributed by atoms with E-state index in [-0.39, 0.29) is 0 Å². The Morgan fingerprint density at radius 2 is 1.47 bits per heavy atom. The first kappa shape index (κ1) is 13.8. The fourth-order valence-electron chi connectivity index (χ4n) is 2.15. The third kappa shape index (κ3) is 5.66. The van der Waals surface area contributed by atoms with Gasteiger partial charge in [0.2, 0.25) is 0 Å². The average molecular weight is 254 g/mol. The van der Waals surface area contributed by atoms with Crippen LogP contribution in [0.1, 0.15) is 24.0 Å². The second-order valence-electron chi connectivity index (χ2n) is 4.80. The highest BCUT2D eigenvalue weighted by Gasteiger charge is 1.94. The number of aryl methyl sites for hydroxylation is 2. The maximum atomic E-state index is 4.13. The van der Waals surface area contributed by atoms with Crippen molar-refractivity contribution < 1.29 is 0 Å². The monoisotopic (exact) mass is 254 g/mol. The van der Waals surface area contributed by atoms with Gasteiger partial charge in [0.25, 0.3) is 0 Å². The lowest BCUT2D eigenvalue weighted by atomic mass is 10.1. The molecule has 1 aromatic heterocycles. The van der Waals surface area contributed by atoms with Gasteiger partial charge < -0.3 is 5.32 Å². The number of pyridine rings is 1. The number of nitrogens with one attached hydrogen (secondary N) is 1. The summed E-state index contributed by atoms with van der Waals surface area (Å²) in [5, 5.41) is 3.51. The van der Waals surface area contributed by atoms with Crippen LogP contribution in [0.4, 0.5) is 0 Å². The summed E-state index contributed by atoms with van der Waals surface area (Å²) >= 11 is 0. The topological polar surface area (TPSA) is 24.9 Å². The number of hydrogen-bond donors (Lipinski definition) is 1. The molecule has 0 bridgehead atoms. The van der Waals surface area contributed by atoms with Crippen molar-refractivity contribution in [3.05, 3.63) is 66.0 Å². The minimum absolute atomic E-state index is 1.09. The molecule has 0 spiro atoms. The van der Waals surface area contributed by atoms with Gasteiger partial charge in [0, 0.05) is 12.4 Å². The Labute approximate surface area is 115 Å². The number of benzene rings is 1. The molecule has 0 aliphatic rings. The smallest absolute Gasteiger partial charge is 0.0299 e. The van der Waals surface area contributed by atoms with Crippen molar-refractivity contribution in [2.45, 2.75) is 25.7 Å². The van der Waals surface area contributed by atoms with Crippen LogP contribution in [0.15, 0.2) is 54.9 Å². The highest BCUT2D eigenvalue weighted by molar-refractivity contribution is 5.14. The Morgan fingerprint density at radius 3 is 2.16 bits per heavy atom. The first-order valence-electron chi connectivity index (χ1n) is 7.09. The van der Waals surface area contributed by atoms with E-state index in [0.717, 1.165) is 25.9 Å². The maximum absolute atomic E-state index is 4.13. The van der Waals surface area contributed by atoms with E-state index in [1.54, 1.807) is 0 Å². The molecule has 2 rings (SSSR count). The van der Waals surface area contributed by atoms with E-state index in [4.69, 9.17) is 0 Å². The van der Waals surface area contributed by atoms with E-state index >= 15 is 0 Å². The van der Waals surface area contributed by atoms with Crippen LogP contribution in [0.2, 0.25) is 0 Å². The predicted molar refractivity (Wildman–Crippen MR) is 80.2 cm³/mol. The van der Waals surface area contributed by atoms with Crippen LogP contribution in [-0.2, 0) is 12.8 Å². The summed E-state index contributed by atoms with van der Waals surface area (Å²) in [5.74, 6) is 0. The van der Waals surface area contributed by atoms with Crippen molar-refractivity contribution in [1.29, 1.82) is 0 Å². The highest BCUT2D eigenvalue weighted by atomic mass is 14.8. The second-order valence-corrected chi connectivity index (χ2v) is 4.80. The zero-order chi connectivity index (χ0) is 13.2. The molecule has 19 heavy (non-hydrogen) atoms. The lowest BCUT2D eigenvalue weighted by molar-refractivity contribution is 0.622. The van der Waals surface area contributed by atoms with E-state index in [1.807, 2.05) is 18.5 Å². The Bertz CT molecular complexity index is 396. The minimum Gasteiger partial charge on any atom is -0.317 e. The molecule has 2 aromatic rings. The van der Waals surface area contributed by atoms with Gasteiger partial charge in [-0.1, -0.05) is 36.4 Å². The third-order valence-electron chi connectivity index (χ3n) is 3.20. The van der Waals surface area contributed by atoms with Crippen molar-refractivity contribution in [2.24, 2.45) is 0 Å². The zero-order valence-corrected chi connectivity index (χ0v) is 11.4. The largest absolute Gasteiger partial charge is 0.317 e. The standard InChI is InChI=1S/C17H22N2/c1-2-7-16(8-3-1)9-4-12-18-13-5-10-17-11-6-14-19-15-17/h1-3,6-8,11,14-15,18H,4-5,9-10,12-13H2. The van der Waals surface area contributed by atoms with Gasteiger partial charge in [-0.15, -0.1) is 0 Å². The van der Waals surface area contributed by atoms with Crippen molar-refractivity contribution in [1.82, 2.24) is 10.3 Å². The third-order valence-corrected chi connectivity index (χ3v) is 3.20. The van der Waals surface area contributed by atoms with Crippen LogP contribution in [0.5, 0.6) is 0 Å².